The summed E-state index contributed by atoms with van der Waals surface area (Å²) >= 11 is 0. The summed E-state index contributed by atoms with van der Waals surface area (Å²) in [6.45, 7) is -2.86. The number of fused-ring (bicyclic) bond motifs is 2. The highest BCUT2D eigenvalue weighted by Gasteiger charge is 2.32. The lowest BCUT2D eigenvalue weighted by molar-refractivity contribution is -0.274. The highest BCUT2D eigenvalue weighted by molar-refractivity contribution is 5.94. The molecule has 0 amide bonds. The maximum Gasteiger partial charge on any atom is 0.573 e. The number of ether oxygens (including phenoxy) is 2. The third-order valence-electron chi connectivity index (χ3n) is 8.45. The maximum atomic E-state index is 15.2. The normalized spacial score (nSPS) is 12.9. The molecule has 286 valence electrons. The molecule has 3 aromatic heterocycles. The quantitative estimate of drug-likeness (QED) is 0.130. The number of benzene rings is 4. The molecule has 0 aliphatic carbocycles. The molecule has 7 aromatic rings. The molecule has 0 atom stereocenters. The molecule has 0 fully saturated rings. The summed E-state index contributed by atoms with van der Waals surface area (Å²) in [6, 6.07) is 21.1. The summed E-state index contributed by atoms with van der Waals surface area (Å²) in [6.07, 6.45) is 3.06. The topological polar surface area (TPSA) is 110 Å². The molecule has 8 rings (SSSR count). The molecule has 10 nitrogen and oxygen atoms in total. The largest absolute Gasteiger partial charge is 0.573 e. The van der Waals surface area contributed by atoms with E-state index in [0.717, 1.165) is 6.07 Å². The van der Waals surface area contributed by atoms with Crippen molar-refractivity contribution in [2.75, 3.05) is 22.1 Å². The van der Waals surface area contributed by atoms with Crippen molar-refractivity contribution in [2.45, 2.75) is 13.0 Å². The SMILES string of the molecule is Fc1ccc2c(Nc3cc(OC(F)(F)F)cc(N4C=C(c5nc(Nc6cccc(OC(F)F)c6)c6c(F)cccc6n5)C=CC4)c3)nc(-c3cccnc3)nc2c1. The van der Waals surface area contributed by atoms with Gasteiger partial charge in [0.1, 0.15) is 34.8 Å². The number of nitrogens with zero attached hydrogens (tertiary/aromatic N) is 6. The smallest absolute Gasteiger partial charge is 0.435 e. The Morgan fingerprint density at radius 3 is 2.33 bits per heavy atom. The van der Waals surface area contributed by atoms with Crippen molar-refractivity contribution in [1.29, 1.82) is 0 Å². The minimum atomic E-state index is -5.03. The van der Waals surface area contributed by atoms with Crippen molar-refractivity contribution in [3.05, 3.63) is 139 Å². The first kappa shape index (κ1) is 36.7. The first-order chi connectivity index (χ1) is 27.4. The monoisotopic (exact) mass is 782 g/mol. The van der Waals surface area contributed by atoms with Crippen LogP contribution in [0.1, 0.15) is 5.82 Å². The van der Waals surface area contributed by atoms with Gasteiger partial charge in [0.2, 0.25) is 0 Å². The predicted molar refractivity (Wildman–Crippen MR) is 199 cm³/mol. The predicted octanol–water partition coefficient (Wildman–Crippen LogP) is 10.3. The van der Waals surface area contributed by atoms with Crippen LogP contribution in [0, 0.1) is 11.6 Å². The third-order valence-corrected chi connectivity index (χ3v) is 8.45. The Bertz CT molecular complexity index is 2690. The molecule has 0 radical (unpaired) electrons. The summed E-state index contributed by atoms with van der Waals surface area (Å²) in [5.74, 6) is -1.39. The molecule has 1 aliphatic rings. The van der Waals surface area contributed by atoms with Crippen LogP contribution in [0.5, 0.6) is 11.5 Å². The van der Waals surface area contributed by atoms with Crippen LogP contribution in [0.15, 0.2) is 122 Å². The molecular formula is C40H25F7N8O2. The minimum Gasteiger partial charge on any atom is -0.435 e. The zero-order chi connectivity index (χ0) is 39.7. The van der Waals surface area contributed by atoms with Crippen molar-refractivity contribution in [3.8, 4) is 22.9 Å². The average molecular weight is 783 g/mol. The molecular weight excluding hydrogens is 757 g/mol. The van der Waals surface area contributed by atoms with Crippen molar-refractivity contribution >= 4 is 56.1 Å². The van der Waals surface area contributed by atoms with Gasteiger partial charge in [0.15, 0.2) is 11.6 Å². The minimum absolute atomic E-state index is 0.0170. The van der Waals surface area contributed by atoms with Crippen molar-refractivity contribution in [1.82, 2.24) is 24.9 Å². The molecule has 2 N–H and O–H groups in total. The van der Waals surface area contributed by atoms with Crippen molar-refractivity contribution in [3.63, 3.8) is 0 Å². The number of hydrogen-bond acceptors (Lipinski definition) is 10. The van der Waals surface area contributed by atoms with E-state index in [1.54, 1.807) is 59.8 Å². The molecule has 0 saturated carbocycles. The number of pyridine rings is 1. The van der Waals surface area contributed by atoms with Crippen LogP contribution in [-0.2, 0) is 0 Å². The Morgan fingerprint density at radius 2 is 1.53 bits per heavy atom. The molecule has 57 heavy (non-hydrogen) atoms. The maximum absolute atomic E-state index is 15.2. The van der Waals surface area contributed by atoms with E-state index in [2.05, 4.69) is 45.0 Å². The Hall–Kier alpha value is -7.30. The van der Waals surface area contributed by atoms with Gasteiger partial charge < -0.3 is 25.0 Å². The molecule has 0 unspecified atom stereocenters. The Kier molecular flexibility index (Phi) is 9.70. The number of rotatable bonds is 10. The van der Waals surface area contributed by atoms with E-state index in [1.165, 1.54) is 60.8 Å². The number of anilines is 5. The summed E-state index contributed by atoms with van der Waals surface area (Å²) < 4.78 is 105. The summed E-state index contributed by atoms with van der Waals surface area (Å²) in [7, 11) is 0. The van der Waals surface area contributed by atoms with Gasteiger partial charge in [0, 0.05) is 83.0 Å². The van der Waals surface area contributed by atoms with E-state index in [9.17, 15) is 26.3 Å². The van der Waals surface area contributed by atoms with Gasteiger partial charge in [-0.1, -0.05) is 24.3 Å². The number of hydrogen-bond donors (Lipinski definition) is 2. The van der Waals surface area contributed by atoms with Crippen LogP contribution in [0.4, 0.5) is 59.4 Å². The van der Waals surface area contributed by atoms with E-state index >= 15 is 4.39 Å². The number of alkyl halides is 5. The lowest BCUT2D eigenvalue weighted by Gasteiger charge is -2.25. The molecule has 0 saturated heterocycles. The second-order valence-corrected chi connectivity index (χ2v) is 12.4. The first-order valence-electron chi connectivity index (χ1n) is 16.9. The molecule has 4 aromatic carbocycles. The third kappa shape index (κ3) is 8.36. The van der Waals surface area contributed by atoms with E-state index in [4.69, 9.17) is 0 Å². The lowest BCUT2D eigenvalue weighted by Crippen LogP contribution is -2.21. The van der Waals surface area contributed by atoms with Gasteiger partial charge in [0.25, 0.3) is 0 Å². The van der Waals surface area contributed by atoms with Gasteiger partial charge in [-0.2, -0.15) is 8.78 Å². The molecule has 0 spiro atoms. The fourth-order valence-corrected chi connectivity index (χ4v) is 6.09. The Balaban J connectivity index is 1.18. The molecule has 1 aliphatic heterocycles. The Labute approximate surface area is 318 Å². The van der Waals surface area contributed by atoms with Crippen LogP contribution in [0.2, 0.25) is 0 Å². The number of aromatic nitrogens is 5. The summed E-state index contributed by atoms with van der Waals surface area (Å²) in [5, 5.41) is 6.45. The molecule has 4 heterocycles. The zero-order valence-electron chi connectivity index (χ0n) is 29.0. The van der Waals surface area contributed by atoms with E-state index < -0.39 is 30.4 Å². The number of halogens is 7. The zero-order valence-corrected chi connectivity index (χ0v) is 29.0. The van der Waals surface area contributed by atoms with Gasteiger partial charge in [-0.3, -0.25) is 4.98 Å². The van der Waals surface area contributed by atoms with E-state index in [-0.39, 0.29) is 69.1 Å². The number of nitrogens with one attached hydrogen (secondary N) is 2. The van der Waals surface area contributed by atoms with Crippen LogP contribution in [-0.4, -0.2) is 44.4 Å². The van der Waals surface area contributed by atoms with Gasteiger partial charge in [0.05, 0.1) is 16.4 Å². The van der Waals surface area contributed by atoms with Gasteiger partial charge in [-0.25, -0.2) is 28.7 Å². The first-order valence-corrected chi connectivity index (χ1v) is 16.9. The number of allylic oxidation sites excluding steroid dienone is 2. The molecule has 0 bridgehead atoms. The van der Waals surface area contributed by atoms with Crippen molar-refractivity contribution < 1.29 is 40.2 Å². The van der Waals surface area contributed by atoms with Gasteiger partial charge in [-0.05, 0) is 54.6 Å². The molecule has 17 heteroatoms. The van der Waals surface area contributed by atoms with E-state index in [0.29, 0.717) is 16.5 Å². The fourth-order valence-electron chi connectivity index (χ4n) is 6.09. The van der Waals surface area contributed by atoms with E-state index in [1.807, 2.05) is 0 Å². The Morgan fingerprint density at radius 1 is 0.737 bits per heavy atom. The lowest BCUT2D eigenvalue weighted by atomic mass is 10.1. The summed E-state index contributed by atoms with van der Waals surface area (Å²) in [4.78, 5) is 23.9. The summed E-state index contributed by atoms with van der Waals surface area (Å²) in [5.41, 5.74) is 2.02. The van der Waals surface area contributed by atoms with Gasteiger partial charge in [-0.15, -0.1) is 13.2 Å². The highest BCUT2D eigenvalue weighted by atomic mass is 19.4. The van der Waals surface area contributed by atoms with Crippen LogP contribution in [0.3, 0.4) is 0 Å². The second kappa shape index (κ2) is 15.1. The van der Waals surface area contributed by atoms with Crippen LogP contribution >= 0.6 is 0 Å². The highest BCUT2D eigenvalue weighted by Crippen LogP contribution is 2.36. The van der Waals surface area contributed by atoms with Crippen molar-refractivity contribution in [2.24, 2.45) is 0 Å². The van der Waals surface area contributed by atoms with Crippen LogP contribution < -0.4 is 25.0 Å². The fraction of sp³-hybridized carbons (Fsp3) is 0.0750. The second-order valence-electron chi connectivity index (χ2n) is 12.4. The average Bonchev–Trinajstić information content (AvgIpc) is 3.17. The van der Waals surface area contributed by atoms with Crippen LogP contribution in [0.25, 0.3) is 38.8 Å². The standard InChI is InChI=1S/C40H25F7N8O2/c41-24-11-12-30-33(15-24)52-35(22-5-3-13-48-20-22)53-37(30)50-26-16-27(19-29(18-26)57-40(45,46)47)55-14-4-6-23(21-55)36-51-32-10-2-9-31(42)34(32)38(54-36)49-25-7-1-8-28(17-25)56-39(43)44/h1-13,15-21,39H,14H2,(H,49,51,54)(H,50,52,53). The van der Waals surface area contributed by atoms with Gasteiger partial charge >= 0.3 is 13.0 Å².